The number of nitrogens with zero attached hydrogens (tertiary/aromatic N) is 2. The summed E-state index contributed by atoms with van der Waals surface area (Å²) in [7, 11) is 0. The molecule has 0 aromatic carbocycles. The lowest BCUT2D eigenvalue weighted by Gasteiger charge is -2.16. The molecule has 1 unspecified atom stereocenters. The summed E-state index contributed by atoms with van der Waals surface area (Å²) in [5.41, 5.74) is 2.16. The summed E-state index contributed by atoms with van der Waals surface area (Å²) >= 11 is 5.36. The topological polar surface area (TPSA) is 33.6 Å². The van der Waals surface area contributed by atoms with Crippen molar-refractivity contribution in [2.75, 3.05) is 0 Å². The van der Waals surface area contributed by atoms with Crippen LogP contribution in [-0.4, -0.2) is 14.5 Å². The Morgan fingerprint density at radius 2 is 2.19 bits per heavy atom. The fourth-order valence-corrected chi connectivity index (χ4v) is 2.59. The van der Waals surface area contributed by atoms with Gasteiger partial charge in [0.15, 0.2) is 4.77 Å². The number of aromatic amines is 1. The van der Waals surface area contributed by atoms with Gasteiger partial charge in [0, 0.05) is 12.2 Å². The number of nitrogens with one attached hydrogen (secondary N) is 1. The van der Waals surface area contributed by atoms with E-state index < -0.39 is 0 Å². The highest BCUT2D eigenvalue weighted by Gasteiger charge is 2.12. The van der Waals surface area contributed by atoms with Crippen molar-refractivity contribution < 1.29 is 0 Å². The molecule has 0 radical (unpaired) electrons. The van der Waals surface area contributed by atoms with Crippen molar-refractivity contribution in [3.8, 4) is 0 Å². The fraction of sp³-hybridized carbons (Fsp3) is 0.500. The van der Waals surface area contributed by atoms with Gasteiger partial charge in [-0.3, -0.25) is 4.98 Å². The maximum atomic E-state index is 5.36. The zero-order chi connectivity index (χ0) is 11.7. The first-order valence-corrected chi connectivity index (χ1v) is 6.04. The normalized spacial score (nSPS) is 13.5. The smallest absolute Gasteiger partial charge is 0.178 e. The van der Waals surface area contributed by atoms with Crippen molar-refractivity contribution in [3.63, 3.8) is 0 Å². The van der Waals surface area contributed by atoms with Crippen molar-refractivity contribution >= 4 is 23.3 Å². The van der Waals surface area contributed by atoms with E-state index in [0.717, 1.165) is 22.2 Å². The number of aromatic nitrogens is 3. The SMILES string of the molecule is CC(C)CC(C)n1c(=S)[nH]c2cnccc21. The van der Waals surface area contributed by atoms with Gasteiger partial charge in [-0.15, -0.1) is 0 Å². The van der Waals surface area contributed by atoms with Gasteiger partial charge < -0.3 is 9.55 Å². The number of fused-ring (bicyclic) bond motifs is 1. The molecule has 0 aliphatic heterocycles. The second-order valence-electron chi connectivity index (χ2n) is 4.67. The van der Waals surface area contributed by atoms with Crippen LogP contribution in [0.25, 0.3) is 11.0 Å². The Balaban J connectivity index is 2.51. The van der Waals surface area contributed by atoms with E-state index in [1.54, 1.807) is 0 Å². The molecule has 0 aliphatic carbocycles. The highest BCUT2D eigenvalue weighted by atomic mass is 32.1. The van der Waals surface area contributed by atoms with Crippen LogP contribution in [0.2, 0.25) is 0 Å². The standard InChI is InChI=1S/C12H17N3S/c1-8(2)6-9(3)15-11-4-5-13-7-10(11)14-12(15)16/h4-5,7-9H,6H2,1-3H3,(H,14,16). The van der Waals surface area contributed by atoms with Crippen LogP contribution >= 0.6 is 12.2 Å². The third-order valence-electron chi connectivity index (χ3n) is 2.77. The van der Waals surface area contributed by atoms with Crippen LogP contribution in [0.4, 0.5) is 0 Å². The van der Waals surface area contributed by atoms with Gasteiger partial charge in [0.05, 0.1) is 17.2 Å². The molecule has 1 N–H and O–H groups in total. The van der Waals surface area contributed by atoms with E-state index in [1.165, 1.54) is 0 Å². The second kappa shape index (κ2) is 4.37. The molecule has 0 saturated heterocycles. The average molecular weight is 235 g/mol. The first-order valence-electron chi connectivity index (χ1n) is 5.64. The van der Waals surface area contributed by atoms with Gasteiger partial charge in [0.25, 0.3) is 0 Å². The monoisotopic (exact) mass is 235 g/mol. The first kappa shape index (κ1) is 11.3. The van der Waals surface area contributed by atoms with Crippen molar-refractivity contribution in [1.29, 1.82) is 0 Å². The van der Waals surface area contributed by atoms with Gasteiger partial charge >= 0.3 is 0 Å². The molecule has 0 amide bonds. The number of imidazole rings is 1. The van der Waals surface area contributed by atoms with Gasteiger partial charge in [-0.25, -0.2) is 0 Å². The highest BCUT2D eigenvalue weighted by Crippen LogP contribution is 2.22. The van der Waals surface area contributed by atoms with E-state index in [2.05, 4.69) is 35.3 Å². The molecule has 0 bridgehead atoms. The Kier molecular flexibility index (Phi) is 3.10. The van der Waals surface area contributed by atoms with Crippen LogP contribution in [-0.2, 0) is 0 Å². The summed E-state index contributed by atoms with van der Waals surface area (Å²) < 4.78 is 2.97. The van der Waals surface area contributed by atoms with Gasteiger partial charge in [0.2, 0.25) is 0 Å². The van der Waals surface area contributed by atoms with Crippen LogP contribution in [0.5, 0.6) is 0 Å². The quantitative estimate of drug-likeness (QED) is 0.823. The summed E-state index contributed by atoms with van der Waals surface area (Å²) in [6, 6.07) is 2.43. The Hall–Kier alpha value is -1.16. The lowest BCUT2D eigenvalue weighted by molar-refractivity contribution is 0.432. The third-order valence-corrected chi connectivity index (χ3v) is 3.07. The molecular formula is C12H17N3S. The summed E-state index contributed by atoms with van der Waals surface area (Å²) in [4.78, 5) is 7.29. The van der Waals surface area contributed by atoms with Gasteiger partial charge in [-0.05, 0) is 37.5 Å². The molecule has 2 aromatic rings. The number of hydrogen-bond donors (Lipinski definition) is 1. The maximum absolute atomic E-state index is 5.36. The number of H-pyrrole nitrogens is 1. The van der Waals surface area contributed by atoms with Crippen LogP contribution in [0, 0.1) is 10.7 Å². The van der Waals surface area contributed by atoms with E-state index in [1.807, 2.05) is 18.5 Å². The van der Waals surface area contributed by atoms with Crippen LogP contribution in [0.1, 0.15) is 33.2 Å². The fourth-order valence-electron chi connectivity index (χ4n) is 2.20. The first-order chi connectivity index (χ1) is 7.59. The Bertz CT molecular complexity index is 538. The van der Waals surface area contributed by atoms with Crippen molar-refractivity contribution in [1.82, 2.24) is 14.5 Å². The zero-order valence-corrected chi connectivity index (χ0v) is 10.7. The van der Waals surface area contributed by atoms with Gasteiger partial charge in [-0.2, -0.15) is 0 Å². The lowest BCUT2D eigenvalue weighted by atomic mass is 10.1. The predicted molar refractivity (Wildman–Crippen MR) is 69.1 cm³/mol. The largest absolute Gasteiger partial charge is 0.329 e. The Labute approximate surface area is 101 Å². The lowest BCUT2D eigenvalue weighted by Crippen LogP contribution is -2.08. The van der Waals surface area contributed by atoms with Gasteiger partial charge in [-0.1, -0.05) is 13.8 Å². The van der Waals surface area contributed by atoms with E-state index in [4.69, 9.17) is 12.2 Å². The minimum atomic E-state index is 0.420. The summed E-state index contributed by atoms with van der Waals surface area (Å²) in [5, 5.41) is 0. The molecule has 2 heterocycles. The molecule has 16 heavy (non-hydrogen) atoms. The van der Waals surface area contributed by atoms with E-state index in [0.29, 0.717) is 12.0 Å². The summed E-state index contributed by atoms with van der Waals surface area (Å²) in [6.45, 7) is 6.68. The van der Waals surface area contributed by atoms with Crippen LogP contribution < -0.4 is 0 Å². The Morgan fingerprint density at radius 3 is 2.88 bits per heavy atom. The second-order valence-corrected chi connectivity index (χ2v) is 5.06. The third kappa shape index (κ3) is 2.02. The number of pyridine rings is 1. The van der Waals surface area contributed by atoms with E-state index in [-0.39, 0.29) is 0 Å². The predicted octanol–water partition coefficient (Wildman–Crippen LogP) is 3.70. The molecule has 0 aliphatic rings. The van der Waals surface area contributed by atoms with E-state index >= 15 is 0 Å². The summed E-state index contributed by atoms with van der Waals surface area (Å²) in [5.74, 6) is 0.670. The molecular weight excluding hydrogens is 218 g/mol. The number of hydrogen-bond acceptors (Lipinski definition) is 2. The summed E-state index contributed by atoms with van der Waals surface area (Å²) in [6.07, 6.45) is 4.76. The molecule has 2 aromatic heterocycles. The molecule has 3 nitrogen and oxygen atoms in total. The maximum Gasteiger partial charge on any atom is 0.178 e. The minimum absolute atomic E-state index is 0.420. The highest BCUT2D eigenvalue weighted by molar-refractivity contribution is 7.71. The molecule has 1 atom stereocenters. The number of rotatable bonds is 3. The van der Waals surface area contributed by atoms with Crippen molar-refractivity contribution in [3.05, 3.63) is 23.2 Å². The molecule has 2 rings (SSSR count). The van der Waals surface area contributed by atoms with E-state index in [9.17, 15) is 0 Å². The molecule has 86 valence electrons. The van der Waals surface area contributed by atoms with Crippen molar-refractivity contribution in [2.24, 2.45) is 5.92 Å². The molecule has 0 spiro atoms. The zero-order valence-electron chi connectivity index (χ0n) is 9.90. The van der Waals surface area contributed by atoms with Gasteiger partial charge in [0.1, 0.15) is 0 Å². The molecule has 0 saturated carbocycles. The van der Waals surface area contributed by atoms with Crippen molar-refractivity contribution in [2.45, 2.75) is 33.2 Å². The van der Waals surface area contributed by atoms with Crippen LogP contribution in [0.15, 0.2) is 18.5 Å². The Morgan fingerprint density at radius 1 is 1.44 bits per heavy atom. The van der Waals surface area contributed by atoms with Crippen LogP contribution in [0.3, 0.4) is 0 Å². The minimum Gasteiger partial charge on any atom is -0.329 e. The average Bonchev–Trinajstić information content (AvgIpc) is 2.52. The molecule has 0 fully saturated rings. The molecule has 4 heteroatoms.